The average molecular weight is 217 g/mol. The molecule has 0 aliphatic rings. The Kier molecular flexibility index (Phi) is 3.39. The topological polar surface area (TPSA) is 20.2 Å². The van der Waals surface area contributed by atoms with Gasteiger partial charge in [-0.1, -0.05) is 25.1 Å². The lowest BCUT2D eigenvalue weighted by atomic mass is 9.93. The van der Waals surface area contributed by atoms with Gasteiger partial charge in [0.25, 0.3) is 0 Å². The number of benzene rings is 1. The van der Waals surface area contributed by atoms with Crippen LogP contribution in [0.25, 0.3) is 0 Å². The SMILES string of the molecule is C[C](CO)c1cccc(C)c1C(F)(F)F. The van der Waals surface area contributed by atoms with Gasteiger partial charge in [0.1, 0.15) is 0 Å². The van der Waals surface area contributed by atoms with E-state index in [1.54, 1.807) is 6.07 Å². The summed E-state index contributed by atoms with van der Waals surface area (Å²) in [7, 11) is 0. The summed E-state index contributed by atoms with van der Waals surface area (Å²) in [6.45, 7) is 2.54. The van der Waals surface area contributed by atoms with E-state index in [0.29, 0.717) is 5.92 Å². The number of aryl methyl sites for hydroxylation is 1. The second-order valence-corrected chi connectivity index (χ2v) is 3.43. The molecule has 0 aliphatic heterocycles. The molecule has 1 rings (SSSR count). The highest BCUT2D eigenvalue weighted by molar-refractivity contribution is 5.44. The third kappa shape index (κ3) is 2.50. The van der Waals surface area contributed by atoms with Gasteiger partial charge in [-0.05, 0) is 18.1 Å². The molecule has 0 aromatic heterocycles. The van der Waals surface area contributed by atoms with Gasteiger partial charge in [0.2, 0.25) is 0 Å². The standard InChI is InChI=1S/C11H12F3O/c1-7-4-3-5-9(8(2)6-15)10(7)11(12,13)14/h3-5,15H,6H2,1-2H3. The molecular weight excluding hydrogens is 205 g/mol. The van der Waals surface area contributed by atoms with Crippen LogP contribution in [0.3, 0.4) is 0 Å². The Morgan fingerprint density at radius 1 is 1.33 bits per heavy atom. The van der Waals surface area contributed by atoms with E-state index in [1.165, 1.54) is 26.0 Å². The van der Waals surface area contributed by atoms with Crippen LogP contribution in [-0.4, -0.2) is 11.7 Å². The molecule has 15 heavy (non-hydrogen) atoms. The van der Waals surface area contributed by atoms with Crippen LogP contribution in [0.5, 0.6) is 0 Å². The number of aliphatic hydroxyl groups excluding tert-OH is 1. The second-order valence-electron chi connectivity index (χ2n) is 3.43. The highest BCUT2D eigenvalue weighted by atomic mass is 19.4. The summed E-state index contributed by atoms with van der Waals surface area (Å²) in [6, 6.07) is 4.34. The first kappa shape index (κ1) is 12.0. The highest BCUT2D eigenvalue weighted by Gasteiger charge is 2.35. The molecule has 0 heterocycles. The molecule has 0 fully saturated rings. The Labute approximate surface area is 86.5 Å². The average Bonchev–Trinajstić information content (AvgIpc) is 2.14. The number of alkyl halides is 3. The van der Waals surface area contributed by atoms with E-state index in [9.17, 15) is 13.2 Å². The highest BCUT2D eigenvalue weighted by Crippen LogP contribution is 2.36. The summed E-state index contributed by atoms with van der Waals surface area (Å²) in [6.07, 6.45) is -4.38. The monoisotopic (exact) mass is 217 g/mol. The largest absolute Gasteiger partial charge is 0.416 e. The predicted octanol–water partition coefficient (Wildman–Crippen LogP) is 2.95. The molecule has 83 valence electrons. The van der Waals surface area contributed by atoms with Crippen molar-refractivity contribution in [1.29, 1.82) is 0 Å². The molecule has 1 aromatic carbocycles. The number of hydrogen-bond donors (Lipinski definition) is 1. The fraction of sp³-hybridized carbons (Fsp3) is 0.364. The zero-order valence-electron chi connectivity index (χ0n) is 8.52. The van der Waals surface area contributed by atoms with Gasteiger partial charge in [0.15, 0.2) is 0 Å². The van der Waals surface area contributed by atoms with Crippen molar-refractivity contribution >= 4 is 0 Å². The van der Waals surface area contributed by atoms with E-state index >= 15 is 0 Å². The number of aliphatic hydroxyl groups is 1. The van der Waals surface area contributed by atoms with E-state index in [0.717, 1.165) is 0 Å². The molecule has 0 saturated heterocycles. The normalized spacial score (nSPS) is 12.2. The lowest BCUT2D eigenvalue weighted by molar-refractivity contribution is -0.138. The molecule has 4 heteroatoms. The number of hydrogen-bond acceptors (Lipinski definition) is 1. The predicted molar refractivity (Wildman–Crippen MR) is 51.3 cm³/mol. The van der Waals surface area contributed by atoms with Crippen molar-refractivity contribution in [2.75, 3.05) is 6.61 Å². The molecule has 0 atom stereocenters. The summed E-state index contributed by atoms with van der Waals surface area (Å²) in [5.41, 5.74) is -0.408. The minimum Gasteiger partial charge on any atom is -0.395 e. The molecular formula is C11H12F3O. The molecule has 1 N–H and O–H groups in total. The van der Waals surface area contributed by atoms with E-state index in [1.807, 2.05) is 0 Å². The quantitative estimate of drug-likeness (QED) is 0.807. The molecule has 1 radical (unpaired) electrons. The summed E-state index contributed by atoms with van der Waals surface area (Å²) in [5, 5.41) is 8.86. The van der Waals surface area contributed by atoms with Crippen LogP contribution < -0.4 is 0 Å². The van der Waals surface area contributed by atoms with Crippen LogP contribution in [0, 0.1) is 12.8 Å². The summed E-state index contributed by atoms with van der Waals surface area (Å²) in [5.74, 6) is 0.325. The minimum absolute atomic E-state index is 0.0741. The van der Waals surface area contributed by atoms with Crippen molar-refractivity contribution in [1.82, 2.24) is 0 Å². The first-order valence-corrected chi connectivity index (χ1v) is 4.48. The number of rotatable bonds is 2. The van der Waals surface area contributed by atoms with Crippen LogP contribution in [0.4, 0.5) is 13.2 Å². The van der Waals surface area contributed by atoms with Crippen molar-refractivity contribution in [2.24, 2.45) is 0 Å². The van der Waals surface area contributed by atoms with Crippen LogP contribution in [0.1, 0.15) is 23.6 Å². The fourth-order valence-corrected chi connectivity index (χ4v) is 1.48. The van der Waals surface area contributed by atoms with Gasteiger partial charge in [0.05, 0.1) is 12.2 Å². The van der Waals surface area contributed by atoms with Crippen LogP contribution in [-0.2, 0) is 6.18 Å². The van der Waals surface area contributed by atoms with E-state index in [-0.39, 0.29) is 17.7 Å². The second kappa shape index (κ2) is 4.23. The van der Waals surface area contributed by atoms with Crippen molar-refractivity contribution in [3.8, 4) is 0 Å². The summed E-state index contributed by atoms with van der Waals surface area (Å²) < 4.78 is 38.1. The maximum atomic E-state index is 12.7. The van der Waals surface area contributed by atoms with Gasteiger partial charge in [-0.3, -0.25) is 0 Å². The smallest absolute Gasteiger partial charge is 0.395 e. The third-order valence-corrected chi connectivity index (χ3v) is 2.25. The molecule has 0 aliphatic carbocycles. The molecule has 0 bridgehead atoms. The van der Waals surface area contributed by atoms with Crippen molar-refractivity contribution in [3.05, 3.63) is 40.8 Å². The zero-order chi connectivity index (χ0) is 11.6. The van der Waals surface area contributed by atoms with Crippen molar-refractivity contribution in [3.63, 3.8) is 0 Å². The van der Waals surface area contributed by atoms with Crippen LogP contribution in [0.15, 0.2) is 18.2 Å². The zero-order valence-corrected chi connectivity index (χ0v) is 8.52. The van der Waals surface area contributed by atoms with Crippen LogP contribution in [0.2, 0.25) is 0 Å². The first-order chi connectivity index (χ1) is 6.88. The van der Waals surface area contributed by atoms with Gasteiger partial charge >= 0.3 is 6.18 Å². The Bertz CT molecular complexity index is 344. The maximum Gasteiger partial charge on any atom is 0.416 e. The van der Waals surface area contributed by atoms with Crippen molar-refractivity contribution < 1.29 is 18.3 Å². The summed E-state index contributed by atoms with van der Waals surface area (Å²) in [4.78, 5) is 0. The molecule has 0 saturated carbocycles. The minimum atomic E-state index is -4.38. The van der Waals surface area contributed by atoms with Gasteiger partial charge in [-0.15, -0.1) is 0 Å². The Balaban J connectivity index is 3.33. The van der Waals surface area contributed by atoms with Crippen LogP contribution >= 0.6 is 0 Å². The molecule has 0 amide bonds. The van der Waals surface area contributed by atoms with E-state index in [4.69, 9.17) is 5.11 Å². The Hall–Kier alpha value is -1.03. The first-order valence-electron chi connectivity index (χ1n) is 4.48. The molecule has 1 nitrogen and oxygen atoms in total. The van der Waals surface area contributed by atoms with Gasteiger partial charge in [-0.25, -0.2) is 0 Å². The third-order valence-electron chi connectivity index (χ3n) is 2.25. The fourth-order valence-electron chi connectivity index (χ4n) is 1.48. The van der Waals surface area contributed by atoms with Gasteiger partial charge in [-0.2, -0.15) is 13.2 Å². The Morgan fingerprint density at radius 2 is 1.93 bits per heavy atom. The van der Waals surface area contributed by atoms with E-state index < -0.39 is 11.7 Å². The van der Waals surface area contributed by atoms with Crippen molar-refractivity contribution in [2.45, 2.75) is 20.0 Å². The summed E-state index contributed by atoms with van der Waals surface area (Å²) >= 11 is 0. The maximum absolute atomic E-state index is 12.7. The molecule has 1 aromatic rings. The van der Waals surface area contributed by atoms with Gasteiger partial charge in [0, 0.05) is 5.92 Å². The number of halogens is 3. The molecule has 0 spiro atoms. The Morgan fingerprint density at radius 3 is 2.40 bits per heavy atom. The molecule has 0 unspecified atom stereocenters. The van der Waals surface area contributed by atoms with Gasteiger partial charge < -0.3 is 5.11 Å². The lowest BCUT2D eigenvalue weighted by Crippen LogP contribution is -2.14. The van der Waals surface area contributed by atoms with E-state index in [2.05, 4.69) is 0 Å². The lowest BCUT2D eigenvalue weighted by Gasteiger charge is -2.18.